The van der Waals surface area contributed by atoms with Crippen LogP contribution in [0.25, 0.3) is 0 Å². The molecular weight excluding hydrogens is 306 g/mol. The van der Waals surface area contributed by atoms with Crippen LogP contribution in [0.15, 0.2) is 0 Å². The van der Waals surface area contributed by atoms with Gasteiger partial charge in [-0.3, -0.25) is 4.57 Å². The highest BCUT2D eigenvalue weighted by Crippen LogP contribution is 2.47. The average molecular weight is 322 g/mol. The van der Waals surface area contributed by atoms with Crippen LogP contribution in [0.4, 0.5) is 0 Å². The van der Waals surface area contributed by atoms with Crippen LogP contribution >= 0.6 is 30.2 Å². The quantitative estimate of drug-likeness (QED) is 0.298. The summed E-state index contributed by atoms with van der Waals surface area (Å²) in [5.74, 6) is 0. The van der Waals surface area contributed by atoms with Gasteiger partial charge in [0.25, 0.3) is 0 Å². The van der Waals surface area contributed by atoms with Gasteiger partial charge in [-0.2, -0.15) is 0 Å². The van der Waals surface area contributed by atoms with Crippen molar-refractivity contribution in [3.8, 4) is 0 Å². The fourth-order valence-electron chi connectivity index (χ4n) is 0.736. The second-order valence-corrected chi connectivity index (χ2v) is 5.25. The van der Waals surface area contributed by atoms with Gasteiger partial charge < -0.3 is 13.8 Å². The number of alkyl halides is 1. The molecule has 0 N–H and O–H groups in total. The topological polar surface area (TPSA) is 44.8 Å². The summed E-state index contributed by atoms with van der Waals surface area (Å²) in [5.41, 5.74) is 0. The molecule has 0 aliphatic carbocycles. The SMILES string of the molecule is CCOP(=O)(COCCI)OCC. The van der Waals surface area contributed by atoms with Gasteiger partial charge in [-0.15, -0.1) is 0 Å². The summed E-state index contributed by atoms with van der Waals surface area (Å²) in [5, 5.41) is 0. The lowest BCUT2D eigenvalue weighted by Gasteiger charge is -2.16. The molecule has 0 aromatic heterocycles. The van der Waals surface area contributed by atoms with Crippen LogP contribution in [0.3, 0.4) is 0 Å². The van der Waals surface area contributed by atoms with Crippen molar-refractivity contribution in [1.82, 2.24) is 0 Å². The molecule has 0 amide bonds. The number of hydrogen-bond donors (Lipinski definition) is 0. The van der Waals surface area contributed by atoms with Crippen molar-refractivity contribution in [2.24, 2.45) is 0 Å². The van der Waals surface area contributed by atoms with Crippen LogP contribution in [0.1, 0.15) is 13.8 Å². The lowest BCUT2D eigenvalue weighted by Crippen LogP contribution is -2.04. The molecular formula is C7H16IO4P. The molecule has 0 aliphatic rings. The van der Waals surface area contributed by atoms with Crippen molar-refractivity contribution < 1.29 is 18.3 Å². The van der Waals surface area contributed by atoms with E-state index in [1.54, 1.807) is 13.8 Å². The number of hydrogen-bond acceptors (Lipinski definition) is 4. The Bertz CT molecular complexity index is 155. The minimum atomic E-state index is -2.97. The highest BCUT2D eigenvalue weighted by molar-refractivity contribution is 14.1. The molecule has 0 heterocycles. The van der Waals surface area contributed by atoms with Crippen LogP contribution in [0.2, 0.25) is 0 Å². The smallest absolute Gasteiger partial charge is 0.356 e. The summed E-state index contributed by atoms with van der Waals surface area (Å²) in [7, 11) is -2.97. The fraction of sp³-hybridized carbons (Fsp3) is 1.00. The minimum absolute atomic E-state index is 0.0533. The van der Waals surface area contributed by atoms with E-state index in [2.05, 4.69) is 22.6 Å². The van der Waals surface area contributed by atoms with Crippen molar-refractivity contribution in [2.75, 3.05) is 30.6 Å². The Morgan fingerprint density at radius 1 is 1.23 bits per heavy atom. The predicted molar refractivity (Wildman–Crippen MR) is 60.6 cm³/mol. The molecule has 0 fully saturated rings. The second-order valence-electron chi connectivity index (χ2n) is 2.17. The van der Waals surface area contributed by atoms with E-state index in [1.165, 1.54) is 0 Å². The molecule has 0 bridgehead atoms. The molecule has 0 rings (SSSR count). The van der Waals surface area contributed by atoms with Gasteiger partial charge >= 0.3 is 7.60 Å². The van der Waals surface area contributed by atoms with E-state index in [9.17, 15) is 4.57 Å². The van der Waals surface area contributed by atoms with E-state index in [-0.39, 0.29) is 6.35 Å². The van der Waals surface area contributed by atoms with Crippen LogP contribution in [0, 0.1) is 0 Å². The fourth-order valence-corrected chi connectivity index (χ4v) is 2.41. The van der Waals surface area contributed by atoms with E-state index in [4.69, 9.17) is 13.8 Å². The number of rotatable bonds is 8. The van der Waals surface area contributed by atoms with E-state index in [0.29, 0.717) is 19.8 Å². The zero-order chi connectivity index (χ0) is 10.2. The van der Waals surface area contributed by atoms with Crippen molar-refractivity contribution in [2.45, 2.75) is 13.8 Å². The predicted octanol–water partition coefficient (Wildman–Crippen LogP) is 2.66. The first-order chi connectivity index (χ1) is 6.18. The third-order valence-electron chi connectivity index (χ3n) is 1.12. The second kappa shape index (κ2) is 8.17. The highest BCUT2D eigenvalue weighted by Gasteiger charge is 2.23. The maximum atomic E-state index is 11.7. The van der Waals surface area contributed by atoms with Crippen molar-refractivity contribution >= 4 is 30.2 Å². The van der Waals surface area contributed by atoms with Gasteiger partial charge in [-0.25, -0.2) is 0 Å². The summed E-state index contributed by atoms with van der Waals surface area (Å²) in [6.45, 7) is 4.90. The molecule has 0 aliphatic heterocycles. The molecule has 6 heteroatoms. The Morgan fingerprint density at radius 3 is 2.15 bits per heavy atom. The molecule has 80 valence electrons. The Balaban J connectivity index is 3.85. The molecule has 0 radical (unpaired) electrons. The molecule has 0 atom stereocenters. The normalized spacial score (nSPS) is 11.9. The van der Waals surface area contributed by atoms with Crippen molar-refractivity contribution in [3.05, 3.63) is 0 Å². The first-order valence-electron chi connectivity index (χ1n) is 4.20. The van der Waals surface area contributed by atoms with Crippen LogP contribution in [-0.4, -0.2) is 30.6 Å². The third kappa shape index (κ3) is 6.85. The zero-order valence-electron chi connectivity index (χ0n) is 7.99. The standard InChI is InChI=1S/C7H16IO4P/c1-3-11-13(9,12-4-2)7-10-6-5-8/h3-7H2,1-2H3. The lowest BCUT2D eigenvalue weighted by molar-refractivity contribution is 0.143. The Kier molecular flexibility index (Phi) is 8.70. The minimum Gasteiger partial charge on any atom is -0.368 e. The van der Waals surface area contributed by atoms with Gasteiger partial charge in [0.15, 0.2) is 0 Å². The molecule has 4 nitrogen and oxygen atoms in total. The maximum absolute atomic E-state index is 11.7. The lowest BCUT2D eigenvalue weighted by atomic mass is 10.9. The Hall–Kier alpha value is 0.840. The summed E-state index contributed by atoms with van der Waals surface area (Å²) >= 11 is 2.19. The van der Waals surface area contributed by atoms with E-state index >= 15 is 0 Å². The first-order valence-corrected chi connectivity index (χ1v) is 7.45. The van der Waals surface area contributed by atoms with Crippen molar-refractivity contribution in [1.29, 1.82) is 0 Å². The zero-order valence-corrected chi connectivity index (χ0v) is 11.0. The maximum Gasteiger partial charge on any atom is 0.356 e. The van der Waals surface area contributed by atoms with Crippen molar-refractivity contribution in [3.63, 3.8) is 0 Å². The van der Waals surface area contributed by atoms with Gasteiger partial charge in [0.1, 0.15) is 6.35 Å². The van der Waals surface area contributed by atoms with E-state index in [1.807, 2.05) is 0 Å². The summed E-state index contributed by atoms with van der Waals surface area (Å²) in [4.78, 5) is 0. The summed E-state index contributed by atoms with van der Waals surface area (Å²) in [6, 6.07) is 0. The summed E-state index contributed by atoms with van der Waals surface area (Å²) < 4.78 is 27.8. The van der Waals surface area contributed by atoms with E-state index < -0.39 is 7.60 Å². The van der Waals surface area contributed by atoms with Crippen LogP contribution in [-0.2, 0) is 18.3 Å². The molecule has 0 spiro atoms. The molecule has 0 aromatic carbocycles. The molecule has 13 heavy (non-hydrogen) atoms. The van der Waals surface area contributed by atoms with Crippen LogP contribution < -0.4 is 0 Å². The van der Waals surface area contributed by atoms with Gasteiger partial charge in [0.2, 0.25) is 0 Å². The Morgan fingerprint density at radius 2 is 1.77 bits per heavy atom. The first kappa shape index (κ1) is 13.8. The van der Waals surface area contributed by atoms with Gasteiger partial charge in [-0.1, -0.05) is 22.6 Å². The molecule has 0 aromatic rings. The largest absolute Gasteiger partial charge is 0.368 e. The van der Waals surface area contributed by atoms with Gasteiger partial charge in [0, 0.05) is 4.43 Å². The highest BCUT2D eigenvalue weighted by atomic mass is 127. The monoisotopic (exact) mass is 322 g/mol. The summed E-state index contributed by atoms with van der Waals surface area (Å²) in [6.07, 6.45) is 0.0533. The average Bonchev–Trinajstić information content (AvgIpc) is 2.05. The molecule has 0 unspecified atom stereocenters. The molecule has 0 saturated carbocycles. The third-order valence-corrected chi connectivity index (χ3v) is 3.36. The van der Waals surface area contributed by atoms with Gasteiger partial charge in [0.05, 0.1) is 19.8 Å². The molecule has 0 saturated heterocycles. The number of halogens is 1. The van der Waals surface area contributed by atoms with E-state index in [0.717, 1.165) is 4.43 Å². The van der Waals surface area contributed by atoms with Crippen LogP contribution in [0.5, 0.6) is 0 Å². The number of ether oxygens (including phenoxy) is 1. The van der Waals surface area contributed by atoms with Gasteiger partial charge in [-0.05, 0) is 13.8 Å². The Labute approximate surface area is 93.0 Å².